The monoisotopic (exact) mass is 337 g/mol. The van der Waals surface area contributed by atoms with Gasteiger partial charge in [0, 0.05) is 38.8 Å². The summed E-state index contributed by atoms with van der Waals surface area (Å²) in [5.74, 6) is 0.823. The summed E-state index contributed by atoms with van der Waals surface area (Å²) in [6, 6.07) is 11.4. The number of aryl methyl sites for hydroxylation is 1. The molecule has 0 atom stereocenters. The molecule has 7 nitrogen and oxygen atoms in total. The number of piperazine rings is 1. The molecule has 0 spiro atoms. The van der Waals surface area contributed by atoms with E-state index in [1.807, 2.05) is 31.2 Å². The smallest absolute Gasteiger partial charge is 0.287 e. The van der Waals surface area contributed by atoms with Crippen LogP contribution in [0.5, 0.6) is 0 Å². The van der Waals surface area contributed by atoms with Gasteiger partial charge in [0.15, 0.2) is 0 Å². The van der Waals surface area contributed by atoms with Crippen LogP contribution in [0.2, 0.25) is 0 Å². The number of benzene rings is 1. The number of hydrogen-bond donors (Lipinski definition) is 0. The Morgan fingerprint density at radius 3 is 2.48 bits per heavy atom. The van der Waals surface area contributed by atoms with Gasteiger partial charge < -0.3 is 4.90 Å². The standard InChI is InChI=1S/C18H19N5O2/c1-14-10-17(23(24)25)12-20-18(14)22-8-6-21(7-9-22)13-16-4-2-15(11-19)3-5-16/h2-5,10,12H,6-9,13H2,1H3. The maximum Gasteiger partial charge on any atom is 0.287 e. The van der Waals surface area contributed by atoms with Gasteiger partial charge in [0.2, 0.25) is 0 Å². The quantitative estimate of drug-likeness (QED) is 0.629. The van der Waals surface area contributed by atoms with Crippen LogP contribution in [0.4, 0.5) is 11.5 Å². The summed E-state index contributed by atoms with van der Waals surface area (Å²) in [5.41, 5.74) is 2.72. The Kier molecular flexibility index (Phi) is 4.91. The molecule has 25 heavy (non-hydrogen) atoms. The number of nitriles is 1. The molecular weight excluding hydrogens is 318 g/mol. The first-order valence-electron chi connectivity index (χ1n) is 8.14. The highest BCUT2D eigenvalue weighted by Gasteiger charge is 2.20. The van der Waals surface area contributed by atoms with Crippen LogP contribution in [0.3, 0.4) is 0 Å². The molecular formula is C18H19N5O2. The summed E-state index contributed by atoms with van der Waals surface area (Å²) < 4.78 is 0. The Morgan fingerprint density at radius 2 is 1.92 bits per heavy atom. The molecule has 0 bridgehead atoms. The van der Waals surface area contributed by atoms with E-state index in [0.29, 0.717) is 5.56 Å². The molecule has 1 aliphatic rings. The van der Waals surface area contributed by atoms with Crippen LogP contribution in [0, 0.1) is 28.4 Å². The van der Waals surface area contributed by atoms with Crippen molar-refractivity contribution in [2.75, 3.05) is 31.1 Å². The fourth-order valence-corrected chi connectivity index (χ4v) is 3.04. The molecule has 7 heteroatoms. The lowest BCUT2D eigenvalue weighted by molar-refractivity contribution is -0.385. The first kappa shape index (κ1) is 16.9. The molecule has 128 valence electrons. The van der Waals surface area contributed by atoms with E-state index in [2.05, 4.69) is 20.9 Å². The average Bonchev–Trinajstić information content (AvgIpc) is 2.63. The predicted molar refractivity (Wildman–Crippen MR) is 94.3 cm³/mol. The maximum atomic E-state index is 10.8. The van der Waals surface area contributed by atoms with Crippen LogP contribution in [-0.4, -0.2) is 41.0 Å². The minimum absolute atomic E-state index is 0.0284. The van der Waals surface area contributed by atoms with Crippen molar-refractivity contribution in [2.45, 2.75) is 13.5 Å². The number of hydrogen-bond acceptors (Lipinski definition) is 6. The molecule has 0 saturated carbocycles. The molecule has 1 saturated heterocycles. The lowest BCUT2D eigenvalue weighted by Gasteiger charge is -2.36. The van der Waals surface area contributed by atoms with E-state index in [4.69, 9.17) is 5.26 Å². The highest BCUT2D eigenvalue weighted by molar-refractivity contribution is 5.50. The van der Waals surface area contributed by atoms with Gasteiger partial charge in [-0.25, -0.2) is 4.98 Å². The second kappa shape index (κ2) is 7.28. The molecule has 2 aromatic rings. The summed E-state index contributed by atoms with van der Waals surface area (Å²) >= 11 is 0. The number of pyridine rings is 1. The third-order valence-corrected chi connectivity index (χ3v) is 4.41. The Balaban J connectivity index is 1.60. The molecule has 2 heterocycles. The van der Waals surface area contributed by atoms with Crippen molar-refractivity contribution in [1.29, 1.82) is 5.26 Å². The van der Waals surface area contributed by atoms with Gasteiger partial charge in [-0.3, -0.25) is 15.0 Å². The van der Waals surface area contributed by atoms with E-state index in [9.17, 15) is 10.1 Å². The van der Waals surface area contributed by atoms with Crippen molar-refractivity contribution < 1.29 is 4.92 Å². The third-order valence-electron chi connectivity index (χ3n) is 4.41. The molecule has 1 aromatic carbocycles. The molecule has 0 amide bonds. The summed E-state index contributed by atoms with van der Waals surface area (Å²) in [4.78, 5) is 19.2. The largest absolute Gasteiger partial charge is 0.354 e. The van der Waals surface area contributed by atoms with Gasteiger partial charge in [-0.15, -0.1) is 0 Å². The number of aromatic nitrogens is 1. The van der Waals surface area contributed by atoms with Gasteiger partial charge in [-0.2, -0.15) is 5.26 Å². The normalized spacial score (nSPS) is 15.0. The van der Waals surface area contributed by atoms with Crippen molar-refractivity contribution in [3.05, 3.63) is 63.3 Å². The second-order valence-electron chi connectivity index (χ2n) is 6.16. The minimum Gasteiger partial charge on any atom is -0.354 e. The molecule has 1 aliphatic heterocycles. The Morgan fingerprint density at radius 1 is 1.24 bits per heavy atom. The van der Waals surface area contributed by atoms with E-state index >= 15 is 0 Å². The van der Waals surface area contributed by atoms with Crippen LogP contribution in [0.1, 0.15) is 16.7 Å². The predicted octanol–water partition coefficient (Wildman–Crippen LogP) is 2.49. The fraction of sp³-hybridized carbons (Fsp3) is 0.333. The molecule has 0 N–H and O–H groups in total. The van der Waals surface area contributed by atoms with Crippen LogP contribution >= 0.6 is 0 Å². The first-order valence-corrected chi connectivity index (χ1v) is 8.14. The van der Waals surface area contributed by atoms with E-state index < -0.39 is 4.92 Å². The highest BCUT2D eigenvalue weighted by Crippen LogP contribution is 2.23. The lowest BCUT2D eigenvalue weighted by Crippen LogP contribution is -2.46. The molecule has 1 aromatic heterocycles. The number of nitrogens with zero attached hydrogens (tertiary/aromatic N) is 5. The van der Waals surface area contributed by atoms with Crippen molar-refractivity contribution in [2.24, 2.45) is 0 Å². The molecule has 0 unspecified atom stereocenters. The summed E-state index contributed by atoms with van der Waals surface area (Å²) in [7, 11) is 0. The number of nitro groups is 1. The van der Waals surface area contributed by atoms with E-state index in [1.54, 1.807) is 6.07 Å². The second-order valence-corrected chi connectivity index (χ2v) is 6.16. The van der Waals surface area contributed by atoms with Gasteiger partial charge in [0.05, 0.1) is 16.6 Å². The van der Waals surface area contributed by atoms with Crippen LogP contribution in [0.25, 0.3) is 0 Å². The van der Waals surface area contributed by atoms with Crippen molar-refractivity contribution in [1.82, 2.24) is 9.88 Å². The van der Waals surface area contributed by atoms with Crippen LogP contribution in [0.15, 0.2) is 36.5 Å². The highest BCUT2D eigenvalue weighted by atomic mass is 16.6. The van der Waals surface area contributed by atoms with Crippen LogP contribution in [-0.2, 0) is 6.54 Å². The Labute approximate surface area is 146 Å². The number of rotatable bonds is 4. The zero-order valence-electron chi connectivity index (χ0n) is 14.1. The number of anilines is 1. The lowest BCUT2D eigenvalue weighted by atomic mass is 10.1. The van der Waals surface area contributed by atoms with Crippen molar-refractivity contribution >= 4 is 11.5 Å². The molecule has 3 rings (SSSR count). The third kappa shape index (κ3) is 3.92. The zero-order chi connectivity index (χ0) is 17.8. The minimum atomic E-state index is -0.417. The summed E-state index contributed by atoms with van der Waals surface area (Å²) in [6.07, 6.45) is 1.32. The van der Waals surface area contributed by atoms with Gasteiger partial charge in [-0.05, 0) is 30.2 Å². The zero-order valence-corrected chi connectivity index (χ0v) is 14.1. The van der Waals surface area contributed by atoms with Gasteiger partial charge in [0.1, 0.15) is 12.0 Å². The fourth-order valence-electron chi connectivity index (χ4n) is 3.04. The molecule has 0 radical (unpaired) electrons. The molecule has 1 fully saturated rings. The van der Waals surface area contributed by atoms with E-state index in [0.717, 1.165) is 44.1 Å². The van der Waals surface area contributed by atoms with Gasteiger partial charge in [0.25, 0.3) is 5.69 Å². The first-order chi connectivity index (χ1) is 12.1. The average molecular weight is 337 g/mol. The van der Waals surface area contributed by atoms with E-state index in [-0.39, 0.29) is 5.69 Å². The Hall–Kier alpha value is -2.98. The van der Waals surface area contributed by atoms with E-state index in [1.165, 1.54) is 11.8 Å². The Bertz CT molecular complexity index is 805. The summed E-state index contributed by atoms with van der Waals surface area (Å²) in [5, 5.41) is 19.7. The van der Waals surface area contributed by atoms with Crippen molar-refractivity contribution in [3.63, 3.8) is 0 Å². The maximum absolute atomic E-state index is 10.8. The summed E-state index contributed by atoms with van der Waals surface area (Å²) in [6.45, 7) is 6.19. The SMILES string of the molecule is Cc1cc([N+](=O)[O-])cnc1N1CCN(Cc2ccc(C#N)cc2)CC1. The molecule has 0 aliphatic carbocycles. The van der Waals surface area contributed by atoms with Crippen LogP contribution < -0.4 is 4.90 Å². The topological polar surface area (TPSA) is 86.3 Å². The van der Waals surface area contributed by atoms with Gasteiger partial charge in [-0.1, -0.05) is 12.1 Å². The van der Waals surface area contributed by atoms with Gasteiger partial charge >= 0.3 is 0 Å². The van der Waals surface area contributed by atoms with Crippen molar-refractivity contribution in [3.8, 4) is 6.07 Å².